The molecule has 2 rings (SSSR count). The van der Waals surface area contributed by atoms with E-state index in [4.69, 9.17) is 5.11 Å². The number of aromatic carboxylic acids is 1. The molecule has 1 aromatic heterocycles. The number of imidazole rings is 1. The first kappa shape index (κ1) is 14.5. The first-order valence-corrected chi connectivity index (χ1v) is 6.84. The van der Waals surface area contributed by atoms with Crippen molar-refractivity contribution in [3.8, 4) is 0 Å². The monoisotopic (exact) mass is 280 g/mol. The minimum absolute atomic E-state index is 0.00510. The summed E-state index contributed by atoms with van der Waals surface area (Å²) in [5, 5.41) is 9.00. The van der Waals surface area contributed by atoms with Crippen molar-refractivity contribution in [1.82, 2.24) is 19.8 Å². The summed E-state index contributed by atoms with van der Waals surface area (Å²) in [5.74, 6) is -1.48. The number of carbonyl (C=O) groups is 2. The van der Waals surface area contributed by atoms with E-state index in [9.17, 15) is 9.59 Å². The van der Waals surface area contributed by atoms with Gasteiger partial charge in [-0.3, -0.25) is 9.69 Å². The summed E-state index contributed by atoms with van der Waals surface area (Å²) < 4.78 is 0. The van der Waals surface area contributed by atoms with E-state index in [0.29, 0.717) is 19.1 Å². The molecule has 110 valence electrons. The summed E-state index contributed by atoms with van der Waals surface area (Å²) in [5.41, 5.74) is -0.145. The summed E-state index contributed by atoms with van der Waals surface area (Å²) in [6.45, 7) is 7.16. The Bertz CT molecular complexity index is 492. The van der Waals surface area contributed by atoms with Crippen molar-refractivity contribution in [2.24, 2.45) is 0 Å². The van der Waals surface area contributed by atoms with Gasteiger partial charge in [-0.2, -0.15) is 0 Å². The summed E-state index contributed by atoms with van der Waals surface area (Å²) >= 11 is 0. The van der Waals surface area contributed by atoms with E-state index in [1.807, 2.05) is 0 Å². The van der Waals surface area contributed by atoms with Crippen LogP contribution in [-0.4, -0.2) is 69.0 Å². The maximum absolute atomic E-state index is 12.3. The van der Waals surface area contributed by atoms with E-state index in [1.54, 1.807) is 4.90 Å². The second-order valence-corrected chi connectivity index (χ2v) is 5.02. The SMILES string of the molecule is CCC(C)N1CCN(C(=O)c2nc[nH]c2C(=O)O)CC1. The Labute approximate surface area is 117 Å². The molecule has 1 aromatic rings. The van der Waals surface area contributed by atoms with Crippen molar-refractivity contribution in [3.63, 3.8) is 0 Å². The minimum atomic E-state index is -1.16. The van der Waals surface area contributed by atoms with Crippen LogP contribution in [0.2, 0.25) is 0 Å². The molecule has 1 aliphatic rings. The van der Waals surface area contributed by atoms with E-state index < -0.39 is 5.97 Å². The fourth-order valence-electron chi connectivity index (χ4n) is 2.39. The maximum Gasteiger partial charge on any atom is 0.354 e. The molecule has 0 saturated carbocycles. The lowest BCUT2D eigenvalue weighted by Gasteiger charge is -2.37. The van der Waals surface area contributed by atoms with Crippen molar-refractivity contribution in [2.45, 2.75) is 26.3 Å². The largest absolute Gasteiger partial charge is 0.477 e. The van der Waals surface area contributed by atoms with E-state index in [0.717, 1.165) is 19.5 Å². The highest BCUT2D eigenvalue weighted by Crippen LogP contribution is 2.13. The van der Waals surface area contributed by atoms with Gasteiger partial charge < -0.3 is 15.0 Å². The number of hydrogen-bond acceptors (Lipinski definition) is 4. The Morgan fingerprint density at radius 3 is 2.60 bits per heavy atom. The van der Waals surface area contributed by atoms with Crippen LogP contribution in [0.15, 0.2) is 6.33 Å². The smallest absolute Gasteiger partial charge is 0.354 e. The van der Waals surface area contributed by atoms with Gasteiger partial charge in [-0.05, 0) is 13.3 Å². The molecule has 2 N–H and O–H groups in total. The van der Waals surface area contributed by atoms with Crippen molar-refractivity contribution in [1.29, 1.82) is 0 Å². The van der Waals surface area contributed by atoms with Crippen LogP contribution in [0.1, 0.15) is 41.2 Å². The maximum atomic E-state index is 12.3. The molecule has 0 bridgehead atoms. The van der Waals surface area contributed by atoms with E-state index >= 15 is 0 Å². The summed E-state index contributed by atoms with van der Waals surface area (Å²) in [6, 6.07) is 0.507. The first-order valence-electron chi connectivity index (χ1n) is 6.84. The van der Waals surface area contributed by atoms with Crippen LogP contribution in [0.5, 0.6) is 0 Å². The third kappa shape index (κ3) is 2.82. The Balaban J connectivity index is 2.02. The second-order valence-electron chi connectivity index (χ2n) is 5.02. The minimum Gasteiger partial charge on any atom is -0.477 e. The van der Waals surface area contributed by atoms with Gasteiger partial charge in [0.1, 0.15) is 0 Å². The Morgan fingerprint density at radius 2 is 2.05 bits per heavy atom. The molecule has 0 spiro atoms. The van der Waals surface area contributed by atoms with Gasteiger partial charge in [0.05, 0.1) is 6.33 Å². The summed E-state index contributed by atoms with van der Waals surface area (Å²) in [7, 11) is 0. The number of nitrogens with zero attached hydrogens (tertiary/aromatic N) is 3. The molecule has 0 aromatic carbocycles. The number of H-pyrrole nitrogens is 1. The lowest BCUT2D eigenvalue weighted by molar-refractivity contribution is 0.0562. The number of piperazine rings is 1. The van der Waals surface area contributed by atoms with Crippen LogP contribution < -0.4 is 0 Å². The topological polar surface area (TPSA) is 89.5 Å². The predicted molar refractivity (Wildman–Crippen MR) is 72.8 cm³/mol. The highest BCUT2D eigenvalue weighted by atomic mass is 16.4. The number of rotatable bonds is 4. The zero-order valence-corrected chi connectivity index (χ0v) is 11.8. The molecule has 0 radical (unpaired) electrons. The molecule has 2 heterocycles. The predicted octanol–water partition coefficient (Wildman–Crippen LogP) is 0.664. The number of carbonyl (C=O) groups excluding carboxylic acids is 1. The quantitative estimate of drug-likeness (QED) is 0.846. The normalized spacial score (nSPS) is 18.0. The van der Waals surface area contributed by atoms with Crippen LogP contribution in [0, 0.1) is 0 Å². The Hall–Kier alpha value is -1.89. The van der Waals surface area contributed by atoms with Crippen LogP contribution in [-0.2, 0) is 0 Å². The molecule has 1 aliphatic heterocycles. The van der Waals surface area contributed by atoms with Crippen LogP contribution in [0.4, 0.5) is 0 Å². The zero-order chi connectivity index (χ0) is 14.7. The number of carboxylic acid groups (broad SMARTS) is 1. The highest BCUT2D eigenvalue weighted by Gasteiger charge is 2.28. The fraction of sp³-hybridized carbons (Fsp3) is 0.615. The van der Waals surface area contributed by atoms with Gasteiger partial charge in [0, 0.05) is 32.2 Å². The molecule has 20 heavy (non-hydrogen) atoms. The molecule has 1 saturated heterocycles. The zero-order valence-electron chi connectivity index (χ0n) is 11.8. The fourth-order valence-corrected chi connectivity index (χ4v) is 2.39. The van der Waals surface area contributed by atoms with Gasteiger partial charge in [-0.1, -0.05) is 6.92 Å². The van der Waals surface area contributed by atoms with Gasteiger partial charge in [-0.15, -0.1) is 0 Å². The molecular formula is C13H20N4O3. The third-order valence-electron chi connectivity index (χ3n) is 3.87. The summed E-state index contributed by atoms with van der Waals surface area (Å²) in [6.07, 6.45) is 2.32. The lowest BCUT2D eigenvalue weighted by Crippen LogP contribution is -2.51. The van der Waals surface area contributed by atoms with Crippen molar-refractivity contribution in [2.75, 3.05) is 26.2 Å². The Morgan fingerprint density at radius 1 is 1.40 bits per heavy atom. The number of aromatic amines is 1. The average Bonchev–Trinajstić information content (AvgIpc) is 2.95. The van der Waals surface area contributed by atoms with Gasteiger partial charge >= 0.3 is 5.97 Å². The van der Waals surface area contributed by atoms with Gasteiger partial charge in [0.15, 0.2) is 11.4 Å². The molecule has 0 aliphatic carbocycles. The van der Waals surface area contributed by atoms with E-state index in [2.05, 4.69) is 28.7 Å². The number of nitrogens with one attached hydrogen (secondary N) is 1. The van der Waals surface area contributed by atoms with Crippen molar-refractivity contribution in [3.05, 3.63) is 17.7 Å². The van der Waals surface area contributed by atoms with E-state index in [-0.39, 0.29) is 17.3 Å². The molecule has 7 heteroatoms. The van der Waals surface area contributed by atoms with Gasteiger partial charge in [-0.25, -0.2) is 9.78 Å². The molecule has 1 amide bonds. The van der Waals surface area contributed by atoms with Crippen molar-refractivity contribution < 1.29 is 14.7 Å². The number of amides is 1. The van der Waals surface area contributed by atoms with Crippen LogP contribution >= 0.6 is 0 Å². The number of carboxylic acids is 1. The van der Waals surface area contributed by atoms with Crippen LogP contribution in [0.3, 0.4) is 0 Å². The summed E-state index contributed by atoms with van der Waals surface area (Å²) in [4.78, 5) is 33.6. The molecular weight excluding hydrogens is 260 g/mol. The number of aromatic nitrogens is 2. The molecule has 1 fully saturated rings. The Kier molecular flexibility index (Phi) is 4.39. The van der Waals surface area contributed by atoms with E-state index in [1.165, 1.54) is 6.33 Å². The molecule has 1 unspecified atom stereocenters. The lowest BCUT2D eigenvalue weighted by atomic mass is 10.2. The highest BCUT2D eigenvalue weighted by molar-refractivity contribution is 6.02. The van der Waals surface area contributed by atoms with Gasteiger partial charge in [0.2, 0.25) is 0 Å². The first-order chi connectivity index (χ1) is 9.54. The van der Waals surface area contributed by atoms with Crippen molar-refractivity contribution >= 4 is 11.9 Å². The average molecular weight is 280 g/mol. The second kappa shape index (κ2) is 6.04. The molecule has 1 atom stereocenters. The standard InChI is InChI=1S/C13H20N4O3/c1-3-9(2)16-4-6-17(7-5-16)12(18)10-11(13(19)20)15-8-14-10/h8-9H,3-7H2,1-2H3,(H,14,15)(H,19,20). The van der Waals surface area contributed by atoms with Crippen LogP contribution in [0.25, 0.3) is 0 Å². The van der Waals surface area contributed by atoms with Gasteiger partial charge in [0.25, 0.3) is 5.91 Å². The number of hydrogen-bond donors (Lipinski definition) is 2. The molecule has 7 nitrogen and oxygen atoms in total. The third-order valence-corrected chi connectivity index (χ3v) is 3.87.